The molecule has 2 aromatic carbocycles. The van der Waals surface area contributed by atoms with Crippen LogP contribution in [0.15, 0.2) is 53.3 Å². The lowest BCUT2D eigenvalue weighted by atomic mass is 9.95. The topological polar surface area (TPSA) is 92.2 Å². The minimum atomic E-state index is -0.307. The van der Waals surface area contributed by atoms with Gasteiger partial charge in [-0.1, -0.05) is 44.4 Å². The van der Waals surface area contributed by atoms with E-state index in [9.17, 15) is 4.79 Å². The van der Waals surface area contributed by atoms with Crippen LogP contribution in [-0.4, -0.2) is 68.3 Å². The smallest absolute Gasteiger partial charge is 0.253 e. The van der Waals surface area contributed by atoms with E-state index >= 15 is 0 Å². The van der Waals surface area contributed by atoms with E-state index in [0.29, 0.717) is 0 Å². The Kier molecular flexibility index (Phi) is 7.93. The van der Waals surface area contributed by atoms with Gasteiger partial charge in [-0.3, -0.25) is 14.6 Å². The molecule has 9 nitrogen and oxygen atoms in total. The van der Waals surface area contributed by atoms with Gasteiger partial charge >= 0.3 is 0 Å². The number of ether oxygens (including phenoxy) is 1. The van der Waals surface area contributed by atoms with Gasteiger partial charge in [0, 0.05) is 43.8 Å². The Balaban J connectivity index is 1.32. The van der Waals surface area contributed by atoms with Crippen molar-refractivity contribution >= 4 is 10.9 Å². The Morgan fingerprint density at radius 3 is 2.45 bits per heavy atom. The quantitative estimate of drug-likeness (QED) is 0.351. The summed E-state index contributed by atoms with van der Waals surface area (Å²) in [5.74, 6) is 1.66. The summed E-state index contributed by atoms with van der Waals surface area (Å²) in [6.07, 6.45) is 6.74. The number of tetrazole rings is 1. The van der Waals surface area contributed by atoms with Gasteiger partial charge in [-0.15, -0.1) is 5.10 Å². The summed E-state index contributed by atoms with van der Waals surface area (Å²) in [6, 6.07) is 16.6. The second-order valence-corrected chi connectivity index (χ2v) is 11.2. The van der Waals surface area contributed by atoms with E-state index in [-0.39, 0.29) is 17.6 Å². The molecule has 40 heavy (non-hydrogen) atoms. The van der Waals surface area contributed by atoms with Gasteiger partial charge in [-0.25, -0.2) is 4.68 Å². The SMILES string of the molecule is CCc1ccc2[nH]c(=O)c([C@H](c3nnnn3C3CCCCC3)N3CCN(Cc4ccc(OC)cc4)CC3)cc2c1. The fourth-order valence-electron chi connectivity index (χ4n) is 6.33. The lowest BCUT2D eigenvalue weighted by Crippen LogP contribution is -2.48. The lowest BCUT2D eigenvalue weighted by molar-refractivity contribution is 0.0982. The number of pyridine rings is 1. The van der Waals surface area contributed by atoms with E-state index in [1.165, 1.54) is 30.4 Å². The van der Waals surface area contributed by atoms with Gasteiger partial charge in [0.1, 0.15) is 11.8 Å². The largest absolute Gasteiger partial charge is 0.497 e. The number of aryl methyl sites for hydroxylation is 1. The number of rotatable bonds is 8. The van der Waals surface area contributed by atoms with E-state index in [0.717, 1.165) is 80.0 Å². The predicted octanol–water partition coefficient (Wildman–Crippen LogP) is 4.50. The zero-order valence-electron chi connectivity index (χ0n) is 23.6. The fourth-order valence-corrected chi connectivity index (χ4v) is 6.33. The third-order valence-electron chi connectivity index (χ3n) is 8.66. The number of fused-ring (bicyclic) bond motifs is 1. The van der Waals surface area contributed by atoms with Crippen molar-refractivity contribution in [3.8, 4) is 5.75 Å². The molecule has 1 N–H and O–H groups in total. The Hall–Kier alpha value is -3.56. The van der Waals surface area contributed by atoms with Gasteiger partial charge in [-0.05, 0) is 76.5 Å². The number of hydrogen-bond acceptors (Lipinski definition) is 7. The Labute approximate surface area is 235 Å². The van der Waals surface area contributed by atoms with Crippen molar-refractivity contribution in [2.24, 2.45) is 0 Å². The van der Waals surface area contributed by atoms with Crippen molar-refractivity contribution in [2.45, 2.75) is 64.1 Å². The molecule has 1 saturated heterocycles. The van der Waals surface area contributed by atoms with E-state index < -0.39 is 0 Å². The van der Waals surface area contributed by atoms with Crippen molar-refractivity contribution in [1.82, 2.24) is 35.0 Å². The second kappa shape index (κ2) is 11.9. The van der Waals surface area contributed by atoms with Crippen LogP contribution in [0.5, 0.6) is 5.75 Å². The number of hydrogen-bond donors (Lipinski definition) is 1. The standard InChI is InChI=1S/C31H39N7O2/c1-3-22-11-14-28-24(19-22)20-27(31(39)32-28)29(30-33-34-35-38(30)25-7-5-4-6-8-25)37-17-15-36(16-18-37)21-23-9-12-26(40-2)13-10-23/h9-14,19-20,25,29H,3-8,15-18,21H2,1-2H3,(H,32,39)/t29-/m1/s1. The van der Waals surface area contributed by atoms with E-state index in [4.69, 9.17) is 4.74 Å². The molecular weight excluding hydrogens is 502 g/mol. The van der Waals surface area contributed by atoms with E-state index in [1.807, 2.05) is 22.9 Å². The van der Waals surface area contributed by atoms with Crippen LogP contribution < -0.4 is 10.3 Å². The number of nitrogens with zero attached hydrogens (tertiary/aromatic N) is 6. The molecule has 0 unspecified atom stereocenters. The number of nitrogens with one attached hydrogen (secondary N) is 1. The van der Waals surface area contributed by atoms with Gasteiger partial charge < -0.3 is 9.72 Å². The molecule has 0 spiro atoms. The molecule has 3 heterocycles. The molecular formula is C31H39N7O2. The van der Waals surface area contributed by atoms with Crippen molar-refractivity contribution in [3.05, 3.63) is 81.4 Å². The summed E-state index contributed by atoms with van der Waals surface area (Å²) >= 11 is 0. The van der Waals surface area contributed by atoms with E-state index in [2.05, 4.69) is 67.6 Å². The number of aromatic nitrogens is 5. The summed E-state index contributed by atoms with van der Waals surface area (Å²) in [4.78, 5) is 21.7. The Morgan fingerprint density at radius 1 is 0.975 bits per heavy atom. The van der Waals surface area contributed by atoms with Crippen molar-refractivity contribution in [1.29, 1.82) is 0 Å². The highest BCUT2D eigenvalue weighted by Crippen LogP contribution is 2.33. The van der Waals surface area contributed by atoms with Crippen LogP contribution in [0.4, 0.5) is 0 Å². The third-order valence-corrected chi connectivity index (χ3v) is 8.66. The highest BCUT2D eigenvalue weighted by molar-refractivity contribution is 5.80. The van der Waals surface area contributed by atoms with Crippen LogP contribution >= 0.6 is 0 Å². The molecule has 4 aromatic rings. The van der Waals surface area contributed by atoms with Gasteiger partial charge in [-0.2, -0.15) is 0 Å². The van der Waals surface area contributed by atoms with Gasteiger partial charge in [0.2, 0.25) is 0 Å². The third kappa shape index (κ3) is 5.53. The number of piperazine rings is 1. The second-order valence-electron chi connectivity index (χ2n) is 11.2. The monoisotopic (exact) mass is 541 g/mol. The van der Waals surface area contributed by atoms with Crippen LogP contribution in [0.1, 0.15) is 73.6 Å². The normalized spacial score (nSPS) is 18.2. The molecule has 0 bridgehead atoms. The first-order chi connectivity index (χ1) is 19.6. The highest BCUT2D eigenvalue weighted by atomic mass is 16.5. The molecule has 0 radical (unpaired) electrons. The van der Waals surface area contributed by atoms with Gasteiger partial charge in [0.25, 0.3) is 5.56 Å². The van der Waals surface area contributed by atoms with Crippen LogP contribution in [-0.2, 0) is 13.0 Å². The molecule has 6 rings (SSSR count). The molecule has 1 saturated carbocycles. The summed E-state index contributed by atoms with van der Waals surface area (Å²) in [5.41, 5.74) is 4.03. The first-order valence-electron chi connectivity index (χ1n) is 14.7. The molecule has 2 aliphatic rings. The minimum absolute atomic E-state index is 0.0689. The molecule has 1 atom stereocenters. The van der Waals surface area contributed by atoms with Crippen LogP contribution in [0.2, 0.25) is 0 Å². The maximum Gasteiger partial charge on any atom is 0.253 e. The zero-order valence-corrected chi connectivity index (χ0v) is 23.6. The van der Waals surface area contributed by atoms with Gasteiger partial charge in [0.05, 0.1) is 13.2 Å². The summed E-state index contributed by atoms with van der Waals surface area (Å²) in [6.45, 7) is 6.49. The summed E-state index contributed by atoms with van der Waals surface area (Å²) < 4.78 is 7.34. The average molecular weight is 542 g/mol. The number of H-pyrrole nitrogens is 1. The van der Waals surface area contributed by atoms with E-state index in [1.54, 1.807) is 7.11 Å². The molecule has 2 fully saturated rings. The predicted molar refractivity (Wildman–Crippen MR) is 156 cm³/mol. The van der Waals surface area contributed by atoms with Crippen molar-refractivity contribution < 1.29 is 4.74 Å². The molecule has 9 heteroatoms. The molecule has 1 aliphatic heterocycles. The highest BCUT2D eigenvalue weighted by Gasteiger charge is 2.34. The molecule has 0 amide bonds. The number of aromatic amines is 1. The first kappa shape index (κ1) is 26.7. The average Bonchev–Trinajstić information content (AvgIpc) is 3.48. The Morgan fingerprint density at radius 2 is 1.73 bits per heavy atom. The Bertz CT molecular complexity index is 1480. The van der Waals surface area contributed by atoms with Crippen LogP contribution in [0.25, 0.3) is 10.9 Å². The summed E-state index contributed by atoms with van der Waals surface area (Å²) in [7, 11) is 1.69. The minimum Gasteiger partial charge on any atom is -0.497 e. The molecule has 210 valence electrons. The van der Waals surface area contributed by atoms with Gasteiger partial charge in [0.15, 0.2) is 5.82 Å². The maximum atomic E-state index is 13.6. The van der Waals surface area contributed by atoms with Crippen LogP contribution in [0.3, 0.4) is 0 Å². The zero-order chi connectivity index (χ0) is 27.5. The fraction of sp³-hybridized carbons (Fsp3) is 0.484. The maximum absolute atomic E-state index is 13.6. The summed E-state index contributed by atoms with van der Waals surface area (Å²) in [5, 5.41) is 14.3. The number of methoxy groups -OCH3 is 1. The van der Waals surface area contributed by atoms with Crippen molar-refractivity contribution in [3.63, 3.8) is 0 Å². The first-order valence-corrected chi connectivity index (χ1v) is 14.7. The lowest BCUT2D eigenvalue weighted by Gasteiger charge is -2.39. The molecule has 2 aromatic heterocycles. The van der Waals surface area contributed by atoms with Crippen molar-refractivity contribution in [2.75, 3.05) is 33.3 Å². The van der Waals surface area contributed by atoms with Crippen LogP contribution in [0, 0.1) is 0 Å². The molecule has 1 aliphatic carbocycles. The number of benzene rings is 2.